The molecule has 0 saturated carbocycles. The fourth-order valence-corrected chi connectivity index (χ4v) is 2.94. The zero-order chi connectivity index (χ0) is 16.7. The van der Waals surface area contributed by atoms with Crippen LogP contribution in [-0.2, 0) is 19.1 Å². The summed E-state index contributed by atoms with van der Waals surface area (Å²) in [7, 11) is 1.44. The zero-order valence-electron chi connectivity index (χ0n) is 13.6. The van der Waals surface area contributed by atoms with Gasteiger partial charge in [-0.05, 0) is 19.3 Å². The highest BCUT2D eigenvalue weighted by atomic mass is 16.5. The first-order chi connectivity index (χ1) is 11.1. The van der Waals surface area contributed by atoms with Gasteiger partial charge in [0, 0.05) is 20.2 Å². The predicted octanol–water partition coefficient (Wildman–Crippen LogP) is -0.164. The molecule has 0 spiro atoms. The second-order valence-corrected chi connectivity index (χ2v) is 5.95. The minimum Gasteiger partial charge on any atom is -0.394 e. The number of aliphatic hydroxyl groups is 1. The summed E-state index contributed by atoms with van der Waals surface area (Å²) >= 11 is 0. The van der Waals surface area contributed by atoms with E-state index in [2.05, 4.69) is 5.32 Å². The van der Waals surface area contributed by atoms with Crippen molar-refractivity contribution in [2.45, 2.75) is 43.9 Å². The van der Waals surface area contributed by atoms with Gasteiger partial charge in [-0.1, -0.05) is 12.2 Å². The highest BCUT2D eigenvalue weighted by Gasteiger charge is 2.30. The Bertz CT molecular complexity index is 434. The SMILES string of the molecule is COCC(=O)N[C@@H]1C=C[C@@H](CC(=O)N2CCCCC2)O[C@H]1CO. The first-order valence-corrected chi connectivity index (χ1v) is 8.14. The van der Waals surface area contributed by atoms with Gasteiger partial charge in [0.2, 0.25) is 11.8 Å². The Morgan fingerprint density at radius 2 is 2.04 bits per heavy atom. The van der Waals surface area contributed by atoms with Crippen LogP contribution in [0.2, 0.25) is 0 Å². The summed E-state index contributed by atoms with van der Waals surface area (Å²) in [5, 5.41) is 12.2. The number of ether oxygens (including phenoxy) is 2. The average molecular weight is 326 g/mol. The number of hydrogen-bond donors (Lipinski definition) is 2. The standard InChI is InChI=1S/C16H26N2O5/c1-22-11-15(20)17-13-6-5-12(23-14(13)10-19)9-16(21)18-7-3-2-4-8-18/h5-6,12-14,19H,2-4,7-11H2,1H3,(H,17,20)/t12-,13+,14-/m0/s1. The molecule has 2 aliphatic heterocycles. The minimum absolute atomic E-state index is 0.0423. The first-order valence-electron chi connectivity index (χ1n) is 8.14. The van der Waals surface area contributed by atoms with E-state index in [0.717, 1.165) is 25.9 Å². The maximum absolute atomic E-state index is 12.3. The molecule has 0 aromatic carbocycles. The van der Waals surface area contributed by atoms with Gasteiger partial charge in [0.05, 0.1) is 25.2 Å². The molecule has 0 aromatic heterocycles. The van der Waals surface area contributed by atoms with Gasteiger partial charge >= 0.3 is 0 Å². The van der Waals surface area contributed by atoms with E-state index < -0.39 is 12.1 Å². The van der Waals surface area contributed by atoms with Crippen LogP contribution >= 0.6 is 0 Å². The second-order valence-electron chi connectivity index (χ2n) is 5.95. The number of nitrogens with zero attached hydrogens (tertiary/aromatic N) is 1. The predicted molar refractivity (Wildman–Crippen MR) is 83.7 cm³/mol. The molecular weight excluding hydrogens is 300 g/mol. The lowest BCUT2D eigenvalue weighted by Crippen LogP contribution is -2.50. The number of carbonyl (C=O) groups excluding carboxylic acids is 2. The largest absolute Gasteiger partial charge is 0.394 e. The molecule has 0 aliphatic carbocycles. The highest BCUT2D eigenvalue weighted by Crippen LogP contribution is 2.18. The maximum Gasteiger partial charge on any atom is 0.246 e. The van der Waals surface area contributed by atoms with Crippen molar-refractivity contribution in [3.63, 3.8) is 0 Å². The van der Waals surface area contributed by atoms with Crippen molar-refractivity contribution < 1.29 is 24.2 Å². The Balaban J connectivity index is 1.87. The Morgan fingerprint density at radius 1 is 1.30 bits per heavy atom. The molecule has 23 heavy (non-hydrogen) atoms. The third-order valence-corrected chi connectivity index (χ3v) is 4.15. The maximum atomic E-state index is 12.3. The molecular formula is C16H26N2O5. The van der Waals surface area contributed by atoms with E-state index in [4.69, 9.17) is 9.47 Å². The Kier molecular flexibility index (Phi) is 7.01. The topological polar surface area (TPSA) is 88.1 Å². The van der Waals surface area contributed by atoms with Gasteiger partial charge in [0.15, 0.2) is 0 Å². The number of rotatable bonds is 6. The van der Waals surface area contributed by atoms with Crippen molar-refractivity contribution in [1.29, 1.82) is 0 Å². The van der Waals surface area contributed by atoms with Crippen molar-refractivity contribution in [1.82, 2.24) is 10.2 Å². The van der Waals surface area contributed by atoms with Crippen LogP contribution in [0.3, 0.4) is 0 Å². The van der Waals surface area contributed by atoms with Crippen LogP contribution in [0.15, 0.2) is 12.2 Å². The van der Waals surface area contributed by atoms with Crippen molar-refractivity contribution in [3.05, 3.63) is 12.2 Å². The molecule has 3 atom stereocenters. The van der Waals surface area contributed by atoms with E-state index >= 15 is 0 Å². The lowest BCUT2D eigenvalue weighted by Gasteiger charge is -2.33. The molecule has 2 rings (SSSR count). The van der Waals surface area contributed by atoms with Crippen molar-refractivity contribution in [2.24, 2.45) is 0 Å². The normalized spacial score (nSPS) is 27.7. The average Bonchev–Trinajstić information content (AvgIpc) is 2.57. The number of nitrogens with one attached hydrogen (secondary N) is 1. The number of hydrogen-bond acceptors (Lipinski definition) is 5. The molecule has 0 bridgehead atoms. The van der Waals surface area contributed by atoms with Crippen LogP contribution in [0.25, 0.3) is 0 Å². The second kappa shape index (κ2) is 9.00. The number of likely N-dealkylation sites (tertiary alicyclic amines) is 1. The Morgan fingerprint density at radius 3 is 2.70 bits per heavy atom. The summed E-state index contributed by atoms with van der Waals surface area (Å²) in [6, 6.07) is -0.413. The number of amides is 2. The van der Waals surface area contributed by atoms with E-state index in [-0.39, 0.29) is 37.6 Å². The Hall–Kier alpha value is -1.44. The van der Waals surface area contributed by atoms with Crippen LogP contribution in [0.4, 0.5) is 0 Å². The molecule has 2 heterocycles. The van der Waals surface area contributed by atoms with Crippen LogP contribution in [0.5, 0.6) is 0 Å². The zero-order valence-corrected chi connectivity index (χ0v) is 13.6. The number of methoxy groups -OCH3 is 1. The number of carbonyl (C=O) groups is 2. The summed E-state index contributed by atoms with van der Waals surface area (Å²) in [4.78, 5) is 25.7. The van der Waals surface area contributed by atoms with Gasteiger partial charge in [-0.25, -0.2) is 0 Å². The molecule has 1 fully saturated rings. The lowest BCUT2D eigenvalue weighted by molar-refractivity contribution is -0.137. The molecule has 2 N–H and O–H groups in total. The highest BCUT2D eigenvalue weighted by molar-refractivity contribution is 5.78. The molecule has 7 nitrogen and oxygen atoms in total. The molecule has 1 saturated heterocycles. The number of aliphatic hydroxyl groups excluding tert-OH is 1. The minimum atomic E-state index is -0.556. The van der Waals surface area contributed by atoms with Crippen LogP contribution in [-0.4, -0.2) is 73.5 Å². The molecule has 130 valence electrons. The summed E-state index contributed by atoms with van der Waals surface area (Å²) in [6.45, 7) is 1.36. The van der Waals surface area contributed by atoms with E-state index in [1.54, 1.807) is 12.2 Å². The van der Waals surface area contributed by atoms with E-state index in [1.807, 2.05) is 4.90 Å². The fourth-order valence-electron chi connectivity index (χ4n) is 2.94. The van der Waals surface area contributed by atoms with Gasteiger partial charge in [-0.2, -0.15) is 0 Å². The molecule has 2 aliphatic rings. The van der Waals surface area contributed by atoms with Crippen LogP contribution in [0.1, 0.15) is 25.7 Å². The van der Waals surface area contributed by atoms with Crippen molar-refractivity contribution >= 4 is 11.8 Å². The summed E-state index contributed by atoms with van der Waals surface area (Å²) in [5.41, 5.74) is 0. The van der Waals surface area contributed by atoms with Gasteiger partial charge in [0.25, 0.3) is 0 Å². The fraction of sp³-hybridized carbons (Fsp3) is 0.750. The van der Waals surface area contributed by atoms with Gasteiger partial charge < -0.3 is 24.8 Å². The molecule has 7 heteroatoms. The first kappa shape index (κ1) is 17.9. The van der Waals surface area contributed by atoms with Gasteiger partial charge in [-0.15, -0.1) is 0 Å². The van der Waals surface area contributed by atoms with Crippen molar-refractivity contribution in [2.75, 3.05) is 33.4 Å². The van der Waals surface area contributed by atoms with Crippen LogP contribution < -0.4 is 5.32 Å². The third kappa shape index (κ3) is 5.30. The van der Waals surface area contributed by atoms with E-state index in [0.29, 0.717) is 0 Å². The summed E-state index contributed by atoms with van der Waals surface area (Å²) in [5.74, 6) is -0.190. The summed E-state index contributed by atoms with van der Waals surface area (Å²) in [6.07, 6.45) is 6.21. The smallest absolute Gasteiger partial charge is 0.246 e. The lowest BCUT2D eigenvalue weighted by atomic mass is 10.0. The molecule has 0 aromatic rings. The van der Waals surface area contributed by atoms with Gasteiger partial charge in [-0.3, -0.25) is 9.59 Å². The van der Waals surface area contributed by atoms with E-state index in [1.165, 1.54) is 13.5 Å². The molecule has 2 amide bonds. The van der Waals surface area contributed by atoms with Crippen molar-refractivity contribution in [3.8, 4) is 0 Å². The quantitative estimate of drug-likeness (QED) is 0.662. The third-order valence-electron chi connectivity index (χ3n) is 4.15. The number of piperidine rings is 1. The molecule has 0 radical (unpaired) electrons. The van der Waals surface area contributed by atoms with Crippen LogP contribution in [0, 0.1) is 0 Å². The monoisotopic (exact) mass is 326 g/mol. The van der Waals surface area contributed by atoms with Gasteiger partial charge in [0.1, 0.15) is 12.7 Å². The summed E-state index contributed by atoms with van der Waals surface area (Å²) < 4.78 is 10.5. The Labute approximate surface area is 136 Å². The molecule has 0 unspecified atom stereocenters. The van der Waals surface area contributed by atoms with E-state index in [9.17, 15) is 14.7 Å².